The molecule has 0 radical (unpaired) electrons. The van der Waals surface area contributed by atoms with E-state index in [2.05, 4.69) is 30.1 Å². The lowest BCUT2D eigenvalue weighted by Gasteiger charge is -2.36. The minimum Gasteiger partial charge on any atom is -0.468 e. The Morgan fingerprint density at radius 3 is 1.68 bits per heavy atom. The minimum absolute atomic E-state index is 0.318. The van der Waals surface area contributed by atoms with Crippen LogP contribution >= 0.6 is 15.9 Å². The van der Waals surface area contributed by atoms with Crippen molar-refractivity contribution in [2.24, 2.45) is 0 Å². The van der Waals surface area contributed by atoms with Gasteiger partial charge in [0.15, 0.2) is 0 Å². The number of carbonyl (C=O) groups excluding carboxylic acids is 2. The van der Waals surface area contributed by atoms with Crippen molar-refractivity contribution in [2.75, 3.05) is 27.3 Å². The topological polar surface area (TPSA) is 74.3 Å². The molecule has 0 spiro atoms. The molecule has 2 unspecified atom stereocenters. The fourth-order valence-electron chi connectivity index (χ4n) is 3.20. The number of halogens is 7. The fraction of sp³-hybridized carbons (Fsp3) is 0.391. The minimum atomic E-state index is -4.76. The van der Waals surface area contributed by atoms with Gasteiger partial charge < -0.3 is 18.9 Å². The molecular weight excluding hydrogens is 580 g/mol. The molecule has 37 heavy (non-hydrogen) atoms. The van der Waals surface area contributed by atoms with Crippen LogP contribution in [-0.4, -0.2) is 56.9 Å². The Hall–Kier alpha value is -3.00. The van der Waals surface area contributed by atoms with Crippen molar-refractivity contribution >= 4 is 27.9 Å². The zero-order chi connectivity index (χ0) is 27.8. The standard InChI is InChI=1S/C13H14F3NO3.C10H8BrF3O3/c1-19-12(18)11(17-6-3-7-17)9-4-2-5-10(8-9)20-13(14,15)16;1-16-9(15)8(11)6-3-2-4-7(5-6)17-10(12,13)14/h2,4-5,8,11H,3,6-7H2,1H3;2-5,8H,1H3. The third-order valence-electron chi connectivity index (χ3n) is 4.88. The zero-order valence-electron chi connectivity index (χ0n) is 19.4. The summed E-state index contributed by atoms with van der Waals surface area (Å²) in [7, 11) is 2.44. The number of benzene rings is 2. The molecule has 1 heterocycles. The van der Waals surface area contributed by atoms with Crippen molar-refractivity contribution in [1.29, 1.82) is 0 Å². The second kappa shape index (κ2) is 13.0. The molecule has 2 atom stereocenters. The van der Waals surface area contributed by atoms with Crippen LogP contribution in [0.2, 0.25) is 0 Å². The Morgan fingerprint density at radius 2 is 1.27 bits per heavy atom. The molecule has 1 aliphatic rings. The van der Waals surface area contributed by atoms with Gasteiger partial charge in [-0.25, -0.2) is 4.79 Å². The maximum atomic E-state index is 12.2. The highest BCUT2D eigenvalue weighted by atomic mass is 79.9. The Kier molecular flexibility index (Phi) is 10.6. The molecule has 1 aliphatic heterocycles. The molecule has 3 rings (SSSR count). The van der Waals surface area contributed by atoms with Gasteiger partial charge in [-0.2, -0.15) is 0 Å². The maximum absolute atomic E-state index is 12.2. The van der Waals surface area contributed by atoms with Crippen LogP contribution in [0.15, 0.2) is 48.5 Å². The molecule has 1 saturated heterocycles. The van der Waals surface area contributed by atoms with Crippen LogP contribution in [0, 0.1) is 0 Å². The van der Waals surface area contributed by atoms with Gasteiger partial charge >= 0.3 is 24.7 Å². The predicted octanol–water partition coefficient (Wildman–Crippen LogP) is 5.70. The first-order valence-electron chi connectivity index (χ1n) is 10.5. The van der Waals surface area contributed by atoms with E-state index in [-0.39, 0.29) is 11.5 Å². The van der Waals surface area contributed by atoms with E-state index >= 15 is 0 Å². The summed E-state index contributed by atoms with van der Waals surface area (Å²) in [6, 6.07) is 9.83. The van der Waals surface area contributed by atoms with Crippen LogP contribution in [0.25, 0.3) is 0 Å². The lowest BCUT2D eigenvalue weighted by Crippen LogP contribution is -2.43. The maximum Gasteiger partial charge on any atom is 0.573 e. The first-order chi connectivity index (χ1) is 17.2. The highest BCUT2D eigenvalue weighted by Gasteiger charge is 2.34. The zero-order valence-corrected chi connectivity index (χ0v) is 21.0. The van der Waals surface area contributed by atoms with Gasteiger partial charge in [-0.15, -0.1) is 26.3 Å². The monoisotopic (exact) mass is 601 g/mol. The summed E-state index contributed by atoms with van der Waals surface area (Å²) >= 11 is 3.01. The average Bonchev–Trinajstić information content (AvgIpc) is 2.78. The number of ether oxygens (including phenoxy) is 4. The molecule has 0 aromatic heterocycles. The Morgan fingerprint density at radius 1 is 0.811 bits per heavy atom. The molecule has 14 heteroatoms. The molecule has 0 amide bonds. The molecule has 7 nitrogen and oxygen atoms in total. The molecular formula is C23H22BrF6NO6. The molecule has 0 saturated carbocycles. The SMILES string of the molecule is COC(=O)C(Br)c1cccc(OC(F)(F)F)c1.COC(=O)C(c1cccc(OC(F)(F)F)c1)N1CCC1. The smallest absolute Gasteiger partial charge is 0.468 e. The molecule has 1 fully saturated rings. The first kappa shape index (κ1) is 30.2. The Balaban J connectivity index is 0.000000264. The summed E-state index contributed by atoms with van der Waals surface area (Å²) in [5.41, 5.74) is 0.747. The summed E-state index contributed by atoms with van der Waals surface area (Å²) in [4.78, 5) is 24.0. The average molecular weight is 602 g/mol. The largest absolute Gasteiger partial charge is 0.573 e. The lowest BCUT2D eigenvalue weighted by atomic mass is 10.0. The quantitative estimate of drug-likeness (QED) is 0.229. The van der Waals surface area contributed by atoms with Gasteiger partial charge in [-0.1, -0.05) is 40.2 Å². The summed E-state index contributed by atoms with van der Waals surface area (Å²) in [6.45, 7) is 1.42. The van der Waals surface area contributed by atoms with Gasteiger partial charge in [-0.3, -0.25) is 9.69 Å². The van der Waals surface area contributed by atoms with Crippen LogP contribution in [0.5, 0.6) is 11.5 Å². The van der Waals surface area contributed by atoms with E-state index in [0.29, 0.717) is 24.2 Å². The van der Waals surface area contributed by atoms with Gasteiger partial charge in [0.05, 0.1) is 14.2 Å². The number of carbonyl (C=O) groups is 2. The third kappa shape index (κ3) is 9.76. The summed E-state index contributed by atoms with van der Waals surface area (Å²) in [5.74, 6) is -1.82. The van der Waals surface area contributed by atoms with Crippen molar-refractivity contribution in [2.45, 2.75) is 30.0 Å². The van der Waals surface area contributed by atoms with E-state index < -0.39 is 35.5 Å². The van der Waals surface area contributed by atoms with E-state index in [0.717, 1.165) is 18.6 Å². The van der Waals surface area contributed by atoms with Gasteiger partial charge in [0, 0.05) is 13.1 Å². The van der Waals surface area contributed by atoms with E-state index in [9.17, 15) is 35.9 Å². The summed E-state index contributed by atoms with van der Waals surface area (Å²) in [5, 5.41) is 0. The Labute approximate surface area is 216 Å². The van der Waals surface area contributed by atoms with E-state index in [1.165, 1.54) is 44.6 Å². The molecule has 0 N–H and O–H groups in total. The van der Waals surface area contributed by atoms with Crippen LogP contribution < -0.4 is 9.47 Å². The van der Waals surface area contributed by atoms with Crippen molar-refractivity contribution in [3.05, 3.63) is 59.7 Å². The van der Waals surface area contributed by atoms with E-state index in [1.807, 2.05) is 4.90 Å². The number of methoxy groups -OCH3 is 2. The van der Waals surface area contributed by atoms with Gasteiger partial charge in [0.25, 0.3) is 0 Å². The lowest BCUT2D eigenvalue weighted by molar-refractivity contribution is -0.275. The highest BCUT2D eigenvalue weighted by molar-refractivity contribution is 9.09. The first-order valence-corrected chi connectivity index (χ1v) is 11.4. The van der Waals surface area contributed by atoms with Gasteiger partial charge in [0.2, 0.25) is 0 Å². The summed E-state index contributed by atoms with van der Waals surface area (Å²) in [6.07, 6.45) is -8.56. The number of esters is 2. The van der Waals surface area contributed by atoms with Crippen molar-refractivity contribution in [1.82, 2.24) is 4.90 Å². The molecule has 0 aliphatic carbocycles. The Bertz CT molecular complexity index is 1060. The molecule has 0 bridgehead atoms. The van der Waals surface area contributed by atoms with E-state index in [1.54, 1.807) is 6.07 Å². The van der Waals surface area contributed by atoms with E-state index in [4.69, 9.17) is 4.74 Å². The third-order valence-corrected chi connectivity index (χ3v) is 5.78. The second-order valence-electron chi connectivity index (χ2n) is 7.44. The number of hydrogen-bond acceptors (Lipinski definition) is 7. The second-order valence-corrected chi connectivity index (χ2v) is 8.36. The molecule has 2 aromatic rings. The number of rotatable bonds is 7. The molecule has 2 aromatic carbocycles. The van der Waals surface area contributed by atoms with Crippen LogP contribution in [-0.2, 0) is 19.1 Å². The van der Waals surface area contributed by atoms with Crippen molar-refractivity contribution in [3.8, 4) is 11.5 Å². The van der Waals surface area contributed by atoms with Gasteiger partial charge in [0.1, 0.15) is 22.4 Å². The van der Waals surface area contributed by atoms with Crippen molar-refractivity contribution < 1.29 is 54.9 Å². The van der Waals surface area contributed by atoms with Gasteiger partial charge in [-0.05, 0) is 41.8 Å². The molecule has 204 valence electrons. The fourth-order valence-corrected chi connectivity index (χ4v) is 3.67. The van der Waals surface area contributed by atoms with Crippen LogP contribution in [0.1, 0.15) is 28.4 Å². The normalized spacial score (nSPS) is 15.3. The number of nitrogens with zero attached hydrogens (tertiary/aromatic N) is 1. The van der Waals surface area contributed by atoms with Crippen LogP contribution in [0.4, 0.5) is 26.3 Å². The van der Waals surface area contributed by atoms with Crippen LogP contribution in [0.3, 0.4) is 0 Å². The van der Waals surface area contributed by atoms with Crippen molar-refractivity contribution in [3.63, 3.8) is 0 Å². The number of hydrogen-bond donors (Lipinski definition) is 0. The number of likely N-dealkylation sites (tertiary alicyclic amines) is 1. The summed E-state index contributed by atoms with van der Waals surface area (Å²) < 4.78 is 89.3. The predicted molar refractivity (Wildman–Crippen MR) is 121 cm³/mol. The number of alkyl halides is 7. The highest BCUT2D eigenvalue weighted by Crippen LogP contribution is 2.31.